The Kier molecular flexibility index (Phi) is 5.03. The lowest BCUT2D eigenvalue weighted by Gasteiger charge is -2.09. The molecular formula is C18H16N4O6. The normalized spacial score (nSPS) is 13.1. The summed E-state index contributed by atoms with van der Waals surface area (Å²) in [6.45, 7) is 2.11. The van der Waals surface area contributed by atoms with E-state index in [0.717, 1.165) is 12.5 Å². The first-order valence-corrected chi connectivity index (χ1v) is 8.46. The summed E-state index contributed by atoms with van der Waals surface area (Å²) in [4.78, 5) is 33.8. The van der Waals surface area contributed by atoms with Crippen molar-refractivity contribution in [1.82, 2.24) is 0 Å². The number of rotatable bonds is 6. The molecule has 0 aliphatic heterocycles. The fourth-order valence-corrected chi connectivity index (χ4v) is 3.10. The zero-order valence-corrected chi connectivity index (χ0v) is 14.9. The first-order valence-electron chi connectivity index (χ1n) is 8.46. The summed E-state index contributed by atoms with van der Waals surface area (Å²) in [7, 11) is 0. The minimum Gasteiger partial charge on any atom is -0.462 e. The fourth-order valence-electron chi connectivity index (χ4n) is 3.10. The molecule has 0 heterocycles. The van der Waals surface area contributed by atoms with Gasteiger partial charge in [-0.25, -0.2) is 4.79 Å². The average Bonchev–Trinajstić information content (AvgIpc) is 2.99. The highest BCUT2D eigenvalue weighted by Gasteiger charge is 2.34. The van der Waals surface area contributed by atoms with Gasteiger partial charge in [0.25, 0.3) is 11.4 Å². The summed E-state index contributed by atoms with van der Waals surface area (Å²) >= 11 is 0. The van der Waals surface area contributed by atoms with Crippen LogP contribution in [0.15, 0.2) is 35.4 Å². The maximum atomic E-state index is 12.6. The summed E-state index contributed by atoms with van der Waals surface area (Å²) in [5.74, 6) is 4.76. The molecule has 0 radical (unpaired) electrons. The van der Waals surface area contributed by atoms with Crippen molar-refractivity contribution in [3.05, 3.63) is 67.3 Å². The number of unbranched alkanes of at least 4 members (excludes halogenated alkanes) is 1. The maximum absolute atomic E-state index is 12.6. The number of hydrogen-bond donors (Lipinski definition) is 1. The zero-order chi connectivity index (χ0) is 20.4. The fraction of sp³-hybridized carbons (Fsp3) is 0.222. The Balaban J connectivity index is 2.23. The van der Waals surface area contributed by atoms with Gasteiger partial charge in [0.15, 0.2) is 0 Å². The van der Waals surface area contributed by atoms with Crippen LogP contribution in [0, 0.1) is 20.2 Å². The molecule has 0 spiro atoms. The number of hydrogen-bond acceptors (Lipinski definition) is 8. The molecular weight excluding hydrogens is 368 g/mol. The van der Waals surface area contributed by atoms with Crippen LogP contribution >= 0.6 is 0 Å². The van der Waals surface area contributed by atoms with Crippen LogP contribution in [0.5, 0.6) is 0 Å². The maximum Gasteiger partial charge on any atom is 0.339 e. The number of non-ortho nitro benzene ring substituents is 2. The molecule has 0 saturated carbocycles. The van der Waals surface area contributed by atoms with Crippen molar-refractivity contribution in [2.45, 2.75) is 19.8 Å². The molecule has 10 heteroatoms. The number of nitrogens with zero attached hydrogens (tertiary/aromatic N) is 3. The third-order valence-electron chi connectivity index (χ3n) is 4.41. The van der Waals surface area contributed by atoms with Gasteiger partial charge in [0.2, 0.25) is 0 Å². The van der Waals surface area contributed by atoms with Crippen molar-refractivity contribution >= 4 is 23.1 Å². The minimum atomic E-state index is -0.712. The van der Waals surface area contributed by atoms with Crippen LogP contribution in [0.25, 0.3) is 11.1 Å². The Morgan fingerprint density at radius 3 is 2.36 bits per heavy atom. The van der Waals surface area contributed by atoms with Crippen LogP contribution in [0.1, 0.15) is 41.3 Å². The average molecular weight is 384 g/mol. The molecule has 0 saturated heterocycles. The highest BCUT2D eigenvalue weighted by atomic mass is 16.6. The Hall–Kier alpha value is -3.82. The van der Waals surface area contributed by atoms with E-state index >= 15 is 0 Å². The number of hydrazone groups is 1. The van der Waals surface area contributed by atoms with Crippen LogP contribution in [-0.4, -0.2) is 28.1 Å². The SMILES string of the molecule is CCCCOC(=O)c1cc([N+](=O)[O-])cc2c1-c1ccc([N+](=O)[O-])cc1/C2=N/N. The third kappa shape index (κ3) is 3.15. The van der Waals surface area contributed by atoms with Crippen molar-refractivity contribution in [2.75, 3.05) is 6.61 Å². The first kappa shape index (κ1) is 19.0. The summed E-state index contributed by atoms with van der Waals surface area (Å²) in [6, 6.07) is 6.42. The number of fused-ring (bicyclic) bond motifs is 3. The van der Waals surface area contributed by atoms with Crippen LogP contribution in [0.3, 0.4) is 0 Å². The van der Waals surface area contributed by atoms with Crippen molar-refractivity contribution < 1.29 is 19.4 Å². The molecule has 28 heavy (non-hydrogen) atoms. The second-order valence-electron chi connectivity index (χ2n) is 6.13. The van der Waals surface area contributed by atoms with Gasteiger partial charge in [-0.15, -0.1) is 0 Å². The Bertz CT molecular complexity index is 1030. The molecule has 0 aromatic heterocycles. The van der Waals surface area contributed by atoms with Crippen LogP contribution in [0.4, 0.5) is 11.4 Å². The van der Waals surface area contributed by atoms with Gasteiger partial charge in [-0.1, -0.05) is 13.3 Å². The van der Waals surface area contributed by atoms with Crippen molar-refractivity contribution in [3.8, 4) is 11.1 Å². The van der Waals surface area contributed by atoms with Gasteiger partial charge >= 0.3 is 5.97 Å². The van der Waals surface area contributed by atoms with Crippen molar-refractivity contribution in [1.29, 1.82) is 0 Å². The van der Waals surface area contributed by atoms with E-state index in [1.54, 1.807) is 0 Å². The second-order valence-corrected chi connectivity index (χ2v) is 6.13. The minimum absolute atomic E-state index is 0.00550. The molecule has 0 unspecified atom stereocenters. The Morgan fingerprint density at radius 2 is 1.75 bits per heavy atom. The molecule has 0 fully saturated rings. The smallest absolute Gasteiger partial charge is 0.339 e. The van der Waals surface area contributed by atoms with Crippen molar-refractivity contribution in [3.63, 3.8) is 0 Å². The lowest BCUT2D eigenvalue weighted by molar-refractivity contribution is -0.385. The van der Waals surface area contributed by atoms with Gasteiger partial charge in [-0.05, 0) is 18.1 Å². The second kappa shape index (κ2) is 7.43. The van der Waals surface area contributed by atoms with Gasteiger partial charge in [-0.3, -0.25) is 20.2 Å². The van der Waals surface area contributed by atoms with Crippen LogP contribution in [-0.2, 0) is 4.74 Å². The highest BCUT2D eigenvalue weighted by Crippen LogP contribution is 2.42. The molecule has 2 N–H and O–H groups in total. The largest absolute Gasteiger partial charge is 0.462 e. The van der Waals surface area contributed by atoms with E-state index in [4.69, 9.17) is 10.6 Å². The van der Waals surface area contributed by atoms with Crippen LogP contribution in [0.2, 0.25) is 0 Å². The van der Waals surface area contributed by atoms with Gasteiger partial charge in [0.05, 0.1) is 27.7 Å². The lowest BCUT2D eigenvalue weighted by atomic mass is 9.98. The highest BCUT2D eigenvalue weighted by molar-refractivity contribution is 6.27. The van der Waals surface area contributed by atoms with Crippen molar-refractivity contribution in [2.24, 2.45) is 10.9 Å². The number of benzene rings is 2. The van der Waals surface area contributed by atoms with Gasteiger partial charge in [-0.2, -0.15) is 5.10 Å². The topological polar surface area (TPSA) is 151 Å². The van der Waals surface area contributed by atoms with E-state index in [2.05, 4.69) is 5.10 Å². The number of carbonyl (C=O) groups is 1. The Labute approximate surface area is 158 Å². The Morgan fingerprint density at radius 1 is 1.07 bits per heavy atom. The number of nitrogens with two attached hydrogens (primary N) is 1. The summed E-state index contributed by atoms with van der Waals surface area (Å²) < 4.78 is 5.23. The first-order chi connectivity index (χ1) is 13.4. The quantitative estimate of drug-likeness (QED) is 0.225. The monoisotopic (exact) mass is 384 g/mol. The summed E-state index contributed by atoms with van der Waals surface area (Å²) in [6.07, 6.45) is 1.47. The van der Waals surface area contributed by atoms with E-state index in [0.29, 0.717) is 23.1 Å². The van der Waals surface area contributed by atoms with E-state index < -0.39 is 15.8 Å². The van der Waals surface area contributed by atoms with Crippen LogP contribution < -0.4 is 5.84 Å². The molecule has 3 rings (SSSR count). The third-order valence-corrected chi connectivity index (χ3v) is 4.41. The van der Waals surface area contributed by atoms with E-state index in [1.165, 1.54) is 24.3 Å². The van der Waals surface area contributed by atoms with E-state index in [1.807, 2.05) is 6.92 Å². The zero-order valence-electron chi connectivity index (χ0n) is 14.9. The lowest BCUT2D eigenvalue weighted by Crippen LogP contribution is -2.10. The summed E-state index contributed by atoms with van der Waals surface area (Å²) in [5.41, 5.74) is 1.04. The number of nitro benzene ring substituents is 2. The predicted molar refractivity (Wildman–Crippen MR) is 100 cm³/mol. The van der Waals surface area contributed by atoms with E-state index in [-0.39, 0.29) is 34.8 Å². The predicted octanol–water partition coefficient (Wildman–Crippen LogP) is 3.15. The number of nitro groups is 2. The molecule has 1 aliphatic carbocycles. The molecule has 0 bridgehead atoms. The van der Waals surface area contributed by atoms with Gasteiger partial charge in [0.1, 0.15) is 0 Å². The van der Waals surface area contributed by atoms with Gasteiger partial charge < -0.3 is 10.6 Å². The van der Waals surface area contributed by atoms with Gasteiger partial charge in [0, 0.05) is 41.0 Å². The number of carbonyl (C=O) groups excluding carboxylic acids is 1. The molecule has 144 valence electrons. The summed E-state index contributed by atoms with van der Waals surface area (Å²) in [5, 5.41) is 26.1. The number of esters is 1. The van der Waals surface area contributed by atoms with E-state index in [9.17, 15) is 25.0 Å². The molecule has 1 aliphatic rings. The molecule has 0 atom stereocenters. The number of ether oxygens (including phenoxy) is 1. The molecule has 0 amide bonds. The molecule has 2 aromatic carbocycles. The molecule has 2 aromatic rings. The standard InChI is InChI=1S/C18H16N4O6/c1-2-3-6-28-18(23)15-9-11(22(26)27)8-14-16(15)12-5-4-10(21(24)25)7-13(12)17(14)20-19/h4-5,7-9H,2-3,6,19H2,1H3/b20-17-. The molecule has 10 nitrogen and oxygen atoms in total.